The van der Waals surface area contributed by atoms with Gasteiger partial charge in [0.25, 0.3) is 5.91 Å². The molecule has 0 aliphatic rings. The zero-order valence-electron chi connectivity index (χ0n) is 10.3. The summed E-state index contributed by atoms with van der Waals surface area (Å²) in [7, 11) is 1.81. The van der Waals surface area contributed by atoms with Gasteiger partial charge in [0.1, 0.15) is 6.04 Å². The number of urea groups is 1. The fraction of sp³-hybridized carbons (Fsp3) is 0.500. The van der Waals surface area contributed by atoms with E-state index in [0.29, 0.717) is 11.2 Å². The van der Waals surface area contributed by atoms with Gasteiger partial charge >= 0.3 is 6.03 Å². The molecule has 0 saturated heterocycles. The van der Waals surface area contributed by atoms with Crippen LogP contribution in [0.4, 0.5) is 4.79 Å². The topological polar surface area (TPSA) is 89.5 Å². The Morgan fingerprint density at radius 2 is 2.39 bits per heavy atom. The molecule has 1 unspecified atom stereocenters. The SMILES string of the molecule is CSCCC(NC(N)=O)C(=O)N=c1sccn1C. The number of nitrogens with one attached hydrogen (secondary N) is 1. The highest BCUT2D eigenvalue weighted by Gasteiger charge is 2.18. The molecule has 3 N–H and O–H groups in total. The molecule has 0 bridgehead atoms. The van der Waals surface area contributed by atoms with Crippen molar-refractivity contribution in [3.8, 4) is 0 Å². The van der Waals surface area contributed by atoms with Gasteiger partial charge in [-0.15, -0.1) is 11.3 Å². The summed E-state index contributed by atoms with van der Waals surface area (Å²) in [5, 5.41) is 4.26. The van der Waals surface area contributed by atoms with Crippen LogP contribution in [0.25, 0.3) is 0 Å². The molecule has 18 heavy (non-hydrogen) atoms. The summed E-state index contributed by atoms with van der Waals surface area (Å²) in [5.74, 6) is 0.379. The molecule has 1 aromatic heterocycles. The molecule has 3 amide bonds. The molecule has 1 aromatic rings. The van der Waals surface area contributed by atoms with Crippen molar-refractivity contribution >= 4 is 35.0 Å². The molecule has 1 atom stereocenters. The maximum Gasteiger partial charge on any atom is 0.312 e. The number of nitrogens with zero attached hydrogens (tertiary/aromatic N) is 2. The van der Waals surface area contributed by atoms with Crippen molar-refractivity contribution in [2.24, 2.45) is 17.8 Å². The first-order chi connectivity index (χ1) is 8.54. The molecule has 0 fully saturated rings. The molecule has 8 heteroatoms. The second kappa shape index (κ2) is 7.22. The number of rotatable bonds is 5. The summed E-state index contributed by atoms with van der Waals surface area (Å²) in [6, 6.07) is -1.36. The number of amides is 3. The standard InChI is InChI=1S/C10H16N4O2S2/c1-14-4-6-18-10(14)13-8(15)7(3-5-17-2)12-9(11)16/h4,6-7H,3,5H2,1-2H3,(H3,11,12,16). The summed E-state index contributed by atoms with van der Waals surface area (Å²) in [6.07, 6.45) is 4.26. The van der Waals surface area contributed by atoms with Crippen LogP contribution in [0.1, 0.15) is 6.42 Å². The summed E-state index contributed by atoms with van der Waals surface area (Å²) in [4.78, 5) is 27.4. The Kier molecular flexibility index (Phi) is 5.93. The Bertz CT molecular complexity index is 480. The maximum atomic E-state index is 12.0. The quantitative estimate of drug-likeness (QED) is 0.817. The Labute approximate surface area is 113 Å². The third kappa shape index (κ3) is 4.53. The van der Waals surface area contributed by atoms with Crippen LogP contribution in [0, 0.1) is 0 Å². The number of hydrogen-bond donors (Lipinski definition) is 2. The van der Waals surface area contributed by atoms with E-state index in [2.05, 4.69) is 10.3 Å². The number of carbonyl (C=O) groups is 2. The van der Waals surface area contributed by atoms with E-state index in [-0.39, 0.29) is 5.91 Å². The van der Waals surface area contributed by atoms with Gasteiger partial charge in [0, 0.05) is 18.6 Å². The second-order valence-corrected chi connectivity index (χ2v) is 5.45. The third-order valence-electron chi connectivity index (χ3n) is 2.19. The molecule has 100 valence electrons. The number of nitrogens with two attached hydrogens (primary N) is 1. The van der Waals surface area contributed by atoms with Crippen molar-refractivity contribution < 1.29 is 9.59 Å². The minimum atomic E-state index is -0.708. The van der Waals surface area contributed by atoms with Crippen LogP contribution in [-0.4, -0.2) is 34.6 Å². The molecule has 0 aliphatic heterocycles. The minimum absolute atomic E-state index is 0.374. The minimum Gasteiger partial charge on any atom is -0.352 e. The van der Waals surface area contributed by atoms with Gasteiger partial charge in [0.15, 0.2) is 4.80 Å². The maximum absolute atomic E-state index is 12.0. The first-order valence-electron chi connectivity index (χ1n) is 5.28. The van der Waals surface area contributed by atoms with E-state index >= 15 is 0 Å². The van der Waals surface area contributed by atoms with Crippen LogP contribution < -0.4 is 15.9 Å². The van der Waals surface area contributed by atoms with E-state index in [1.54, 1.807) is 23.4 Å². The molecule has 0 aromatic carbocycles. The molecule has 0 spiro atoms. The van der Waals surface area contributed by atoms with Crippen molar-refractivity contribution in [2.45, 2.75) is 12.5 Å². The first-order valence-corrected chi connectivity index (χ1v) is 7.55. The van der Waals surface area contributed by atoms with Gasteiger partial charge in [-0.25, -0.2) is 4.79 Å². The fourth-order valence-corrected chi connectivity index (χ4v) is 2.48. The van der Waals surface area contributed by atoms with E-state index in [9.17, 15) is 9.59 Å². The Balaban J connectivity index is 2.82. The molecular weight excluding hydrogens is 272 g/mol. The van der Waals surface area contributed by atoms with E-state index in [1.807, 2.05) is 17.8 Å². The lowest BCUT2D eigenvalue weighted by atomic mass is 10.2. The van der Waals surface area contributed by atoms with Crippen LogP contribution in [0.2, 0.25) is 0 Å². The largest absolute Gasteiger partial charge is 0.352 e. The smallest absolute Gasteiger partial charge is 0.312 e. The Hall–Kier alpha value is -1.28. The van der Waals surface area contributed by atoms with E-state index in [4.69, 9.17) is 5.73 Å². The predicted molar refractivity (Wildman–Crippen MR) is 73.4 cm³/mol. The first kappa shape index (κ1) is 14.8. The van der Waals surface area contributed by atoms with Crippen LogP contribution in [-0.2, 0) is 11.8 Å². The number of aromatic nitrogens is 1. The van der Waals surface area contributed by atoms with Crippen LogP contribution in [0.15, 0.2) is 16.6 Å². The van der Waals surface area contributed by atoms with Crippen molar-refractivity contribution in [2.75, 3.05) is 12.0 Å². The summed E-state index contributed by atoms with van der Waals surface area (Å²) >= 11 is 2.96. The van der Waals surface area contributed by atoms with Crippen molar-refractivity contribution in [1.82, 2.24) is 9.88 Å². The summed E-state index contributed by atoms with van der Waals surface area (Å²) < 4.78 is 1.75. The van der Waals surface area contributed by atoms with E-state index < -0.39 is 12.1 Å². The zero-order valence-corrected chi connectivity index (χ0v) is 11.9. The van der Waals surface area contributed by atoms with Crippen LogP contribution >= 0.6 is 23.1 Å². The summed E-state index contributed by atoms with van der Waals surface area (Å²) in [5.41, 5.74) is 5.05. The Morgan fingerprint density at radius 1 is 1.67 bits per heavy atom. The van der Waals surface area contributed by atoms with Gasteiger partial charge in [0.05, 0.1) is 0 Å². The molecule has 1 heterocycles. The monoisotopic (exact) mass is 288 g/mol. The van der Waals surface area contributed by atoms with Gasteiger partial charge < -0.3 is 15.6 Å². The number of primary amides is 1. The van der Waals surface area contributed by atoms with Gasteiger partial charge in [-0.1, -0.05) is 0 Å². The summed E-state index contributed by atoms with van der Waals surface area (Å²) in [6.45, 7) is 0. The average Bonchev–Trinajstić information content (AvgIpc) is 2.70. The molecular formula is C10H16N4O2S2. The number of thioether (sulfide) groups is 1. The lowest BCUT2D eigenvalue weighted by Crippen LogP contribution is -2.44. The zero-order chi connectivity index (χ0) is 13.5. The molecule has 6 nitrogen and oxygen atoms in total. The number of thiazole rings is 1. The number of hydrogen-bond acceptors (Lipinski definition) is 4. The highest BCUT2D eigenvalue weighted by atomic mass is 32.2. The number of carbonyl (C=O) groups excluding carboxylic acids is 2. The van der Waals surface area contributed by atoms with Crippen molar-refractivity contribution in [3.05, 3.63) is 16.4 Å². The molecule has 1 rings (SSSR count). The van der Waals surface area contributed by atoms with Crippen LogP contribution in [0.3, 0.4) is 0 Å². The average molecular weight is 288 g/mol. The molecule has 0 radical (unpaired) electrons. The normalized spacial score (nSPS) is 13.3. The van der Waals surface area contributed by atoms with E-state index in [0.717, 1.165) is 5.75 Å². The number of aryl methyl sites for hydroxylation is 1. The fourth-order valence-electron chi connectivity index (χ4n) is 1.27. The third-order valence-corrected chi connectivity index (χ3v) is 3.68. The molecule has 0 saturated carbocycles. The van der Waals surface area contributed by atoms with Crippen molar-refractivity contribution in [3.63, 3.8) is 0 Å². The van der Waals surface area contributed by atoms with E-state index in [1.165, 1.54) is 11.3 Å². The highest BCUT2D eigenvalue weighted by Crippen LogP contribution is 2.02. The highest BCUT2D eigenvalue weighted by molar-refractivity contribution is 7.98. The predicted octanol–water partition coefficient (Wildman–Crippen LogP) is 0.304. The van der Waals surface area contributed by atoms with Gasteiger partial charge in [-0.2, -0.15) is 16.8 Å². The van der Waals surface area contributed by atoms with Crippen LogP contribution in [0.5, 0.6) is 0 Å². The Morgan fingerprint density at radius 3 is 2.89 bits per heavy atom. The second-order valence-electron chi connectivity index (χ2n) is 3.59. The van der Waals surface area contributed by atoms with Gasteiger partial charge in [-0.05, 0) is 18.4 Å². The van der Waals surface area contributed by atoms with Gasteiger partial charge in [-0.3, -0.25) is 4.79 Å². The van der Waals surface area contributed by atoms with Gasteiger partial charge in [0.2, 0.25) is 0 Å². The van der Waals surface area contributed by atoms with Crippen molar-refractivity contribution in [1.29, 1.82) is 0 Å². The lowest BCUT2D eigenvalue weighted by Gasteiger charge is -2.12. The lowest BCUT2D eigenvalue weighted by molar-refractivity contribution is -0.119. The molecule has 0 aliphatic carbocycles.